The van der Waals surface area contributed by atoms with E-state index in [9.17, 15) is 13.2 Å². The first-order valence-electron chi connectivity index (χ1n) is 8.25. The second-order valence-corrected chi connectivity index (χ2v) is 6.45. The Bertz CT molecular complexity index is 724. The molecule has 0 aliphatic heterocycles. The highest BCUT2D eigenvalue weighted by Crippen LogP contribution is 2.27. The van der Waals surface area contributed by atoms with Gasteiger partial charge in [0.2, 0.25) is 5.95 Å². The number of anilines is 1. The summed E-state index contributed by atoms with van der Waals surface area (Å²) in [5.74, 6) is 1.44. The van der Waals surface area contributed by atoms with Crippen molar-refractivity contribution < 1.29 is 13.2 Å². The minimum atomic E-state index is -4.48. The summed E-state index contributed by atoms with van der Waals surface area (Å²) in [4.78, 5) is 12.5. The lowest BCUT2D eigenvalue weighted by molar-refractivity contribution is -0.141. The van der Waals surface area contributed by atoms with Gasteiger partial charge in [0.15, 0.2) is 5.96 Å². The molecule has 0 unspecified atom stereocenters. The number of nitrogens with one attached hydrogen (secondary N) is 3. The predicted octanol–water partition coefficient (Wildman–Crippen LogP) is 2.86. The summed E-state index contributed by atoms with van der Waals surface area (Å²) < 4.78 is 37.8. The fourth-order valence-electron chi connectivity index (χ4n) is 2.03. The highest BCUT2D eigenvalue weighted by atomic mass is 32.2. The number of hydrogen-bond donors (Lipinski definition) is 3. The molecule has 0 spiro atoms. The number of thioether (sulfide) groups is 1. The lowest BCUT2D eigenvalue weighted by Crippen LogP contribution is -2.40. The lowest BCUT2D eigenvalue weighted by Gasteiger charge is -2.12. The Labute approximate surface area is 160 Å². The average molecular weight is 398 g/mol. The zero-order valence-corrected chi connectivity index (χ0v) is 15.6. The molecular formula is C17H21F3N6S. The van der Waals surface area contributed by atoms with Crippen molar-refractivity contribution in [3.8, 4) is 0 Å². The van der Waals surface area contributed by atoms with E-state index < -0.39 is 11.9 Å². The SMILES string of the molecule is CN=C(NCCNc1nccc(C(F)(F)F)n1)NCCSc1ccccc1. The van der Waals surface area contributed by atoms with Crippen LogP contribution < -0.4 is 16.0 Å². The molecule has 1 aromatic heterocycles. The Hall–Kier alpha value is -2.49. The maximum atomic E-state index is 12.6. The van der Waals surface area contributed by atoms with Gasteiger partial charge in [-0.3, -0.25) is 4.99 Å². The molecule has 146 valence electrons. The number of rotatable bonds is 8. The number of halogens is 3. The molecule has 0 saturated heterocycles. The molecule has 1 aromatic carbocycles. The minimum absolute atomic E-state index is 0.0613. The van der Waals surface area contributed by atoms with Gasteiger partial charge in [0.1, 0.15) is 5.69 Å². The van der Waals surface area contributed by atoms with E-state index in [0.29, 0.717) is 19.0 Å². The van der Waals surface area contributed by atoms with Gasteiger partial charge in [-0.1, -0.05) is 18.2 Å². The number of hydrogen-bond acceptors (Lipinski definition) is 5. The van der Waals surface area contributed by atoms with E-state index >= 15 is 0 Å². The largest absolute Gasteiger partial charge is 0.433 e. The van der Waals surface area contributed by atoms with Crippen molar-refractivity contribution >= 4 is 23.7 Å². The molecule has 1 heterocycles. The first kappa shape index (κ1) is 20.8. The van der Waals surface area contributed by atoms with E-state index in [1.165, 1.54) is 4.90 Å². The Morgan fingerprint density at radius 1 is 1.07 bits per heavy atom. The lowest BCUT2D eigenvalue weighted by atomic mass is 10.4. The molecule has 0 amide bonds. The van der Waals surface area contributed by atoms with E-state index in [4.69, 9.17) is 0 Å². The number of aromatic nitrogens is 2. The fraction of sp³-hybridized carbons (Fsp3) is 0.353. The summed E-state index contributed by atoms with van der Waals surface area (Å²) in [7, 11) is 1.66. The molecule has 6 nitrogen and oxygen atoms in total. The van der Waals surface area contributed by atoms with Gasteiger partial charge in [0.25, 0.3) is 0 Å². The summed E-state index contributed by atoms with van der Waals surface area (Å²) in [6, 6.07) is 10.9. The highest BCUT2D eigenvalue weighted by Gasteiger charge is 2.32. The van der Waals surface area contributed by atoms with Crippen LogP contribution in [0.25, 0.3) is 0 Å². The van der Waals surface area contributed by atoms with Crippen molar-refractivity contribution in [1.29, 1.82) is 0 Å². The van der Waals surface area contributed by atoms with Crippen molar-refractivity contribution in [3.63, 3.8) is 0 Å². The van der Waals surface area contributed by atoms with Gasteiger partial charge >= 0.3 is 6.18 Å². The topological polar surface area (TPSA) is 74.2 Å². The molecule has 2 rings (SSSR count). The third kappa shape index (κ3) is 7.73. The number of alkyl halides is 3. The van der Waals surface area contributed by atoms with Crippen molar-refractivity contribution in [2.75, 3.05) is 37.8 Å². The average Bonchev–Trinajstić information content (AvgIpc) is 2.67. The molecule has 0 aliphatic carbocycles. The van der Waals surface area contributed by atoms with Gasteiger partial charge in [-0.05, 0) is 18.2 Å². The van der Waals surface area contributed by atoms with Gasteiger partial charge in [-0.15, -0.1) is 11.8 Å². The van der Waals surface area contributed by atoms with Crippen LogP contribution in [-0.2, 0) is 6.18 Å². The van der Waals surface area contributed by atoms with E-state index in [-0.39, 0.29) is 5.95 Å². The monoisotopic (exact) mass is 398 g/mol. The summed E-state index contributed by atoms with van der Waals surface area (Å²) in [5.41, 5.74) is -0.971. The van der Waals surface area contributed by atoms with E-state index in [1.54, 1.807) is 18.8 Å². The maximum absolute atomic E-state index is 12.6. The van der Waals surface area contributed by atoms with Crippen LogP contribution in [-0.4, -0.2) is 48.4 Å². The molecule has 0 bridgehead atoms. The summed E-state index contributed by atoms with van der Waals surface area (Å²) in [5, 5.41) is 9.00. The molecule has 0 fully saturated rings. The zero-order valence-electron chi connectivity index (χ0n) is 14.8. The van der Waals surface area contributed by atoms with Gasteiger partial charge in [0.05, 0.1) is 0 Å². The molecule has 0 aliphatic rings. The van der Waals surface area contributed by atoms with Crippen LogP contribution in [0.4, 0.5) is 19.1 Å². The fourth-order valence-corrected chi connectivity index (χ4v) is 2.82. The first-order chi connectivity index (χ1) is 13.0. The van der Waals surface area contributed by atoms with Gasteiger partial charge in [-0.25, -0.2) is 9.97 Å². The normalized spacial score (nSPS) is 11.9. The molecule has 10 heteroatoms. The van der Waals surface area contributed by atoms with Gasteiger partial charge in [0, 0.05) is 43.5 Å². The molecule has 27 heavy (non-hydrogen) atoms. The van der Waals surface area contributed by atoms with Crippen LogP contribution in [0.1, 0.15) is 5.69 Å². The third-order valence-corrected chi connectivity index (χ3v) is 4.29. The molecule has 3 N–H and O–H groups in total. The molecule has 0 atom stereocenters. The van der Waals surface area contributed by atoms with Crippen LogP contribution in [0.3, 0.4) is 0 Å². The molecule has 0 radical (unpaired) electrons. The van der Waals surface area contributed by atoms with Crippen molar-refractivity contribution in [3.05, 3.63) is 48.3 Å². The number of benzene rings is 1. The summed E-state index contributed by atoms with van der Waals surface area (Å²) in [6.45, 7) is 1.52. The quantitative estimate of drug-likeness (QED) is 0.275. The third-order valence-electron chi connectivity index (χ3n) is 3.28. The van der Waals surface area contributed by atoms with E-state index in [1.807, 2.05) is 18.2 Å². The smallest absolute Gasteiger partial charge is 0.356 e. The Morgan fingerprint density at radius 3 is 2.52 bits per heavy atom. The second kappa shape index (κ2) is 10.6. The number of nitrogens with zero attached hydrogens (tertiary/aromatic N) is 3. The Morgan fingerprint density at radius 2 is 1.81 bits per heavy atom. The first-order valence-corrected chi connectivity index (χ1v) is 9.24. The standard InChI is InChI=1S/C17H21F3N6S/c1-21-15(25-11-12-27-13-5-3-2-4-6-13)23-9-10-24-16-22-8-7-14(26-16)17(18,19)20/h2-8H,9-12H2,1H3,(H2,21,23,25)(H,22,24,26). The zero-order chi connectivity index (χ0) is 19.5. The van der Waals surface area contributed by atoms with Crippen LogP contribution in [0.2, 0.25) is 0 Å². The van der Waals surface area contributed by atoms with Crippen LogP contribution in [0.5, 0.6) is 0 Å². The van der Waals surface area contributed by atoms with Crippen LogP contribution in [0.15, 0.2) is 52.5 Å². The maximum Gasteiger partial charge on any atom is 0.433 e. The van der Waals surface area contributed by atoms with E-state index in [0.717, 1.165) is 24.6 Å². The van der Waals surface area contributed by atoms with Crippen molar-refractivity contribution in [2.45, 2.75) is 11.1 Å². The Balaban J connectivity index is 1.65. The Kier molecular flexibility index (Phi) is 8.18. The highest BCUT2D eigenvalue weighted by molar-refractivity contribution is 7.99. The minimum Gasteiger partial charge on any atom is -0.356 e. The van der Waals surface area contributed by atoms with Crippen LogP contribution in [0, 0.1) is 0 Å². The van der Waals surface area contributed by atoms with Crippen LogP contribution >= 0.6 is 11.8 Å². The number of guanidine groups is 1. The molecule has 2 aromatic rings. The van der Waals surface area contributed by atoms with Crippen molar-refractivity contribution in [2.24, 2.45) is 4.99 Å². The summed E-state index contributed by atoms with van der Waals surface area (Å²) >= 11 is 1.74. The molecule has 0 saturated carbocycles. The predicted molar refractivity (Wildman–Crippen MR) is 102 cm³/mol. The van der Waals surface area contributed by atoms with Gasteiger partial charge < -0.3 is 16.0 Å². The number of aliphatic imine (C=N–C) groups is 1. The van der Waals surface area contributed by atoms with Crippen molar-refractivity contribution in [1.82, 2.24) is 20.6 Å². The van der Waals surface area contributed by atoms with E-state index in [2.05, 4.69) is 43.0 Å². The second-order valence-electron chi connectivity index (χ2n) is 5.28. The van der Waals surface area contributed by atoms with Gasteiger partial charge in [-0.2, -0.15) is 13.2 Å². The summed E-state index contributed by atoms with van der Waals surface area (Å²) in [6.07, 6.45) is -3.40. The molecular weight excluding hydrogens is 377 g/mol.